The Morgan fingerprint density at radius 3 is 2.76 bits per heavy atom. The van der Waals surface area contributed by atoms with Crippen molar-refractivity contribution >= 4 is 28.6 Å². The first-order valence-corrected chi connectivity index (χ1v) is 16.5. The number of hydrogen-bond acceptors (Lipinski definition) is 6. The molecule has 8 rings (SSSR count). The highest BCUT2D eigenvalue weighted by molar-refractivity contribution is 5.97. The van der Waals surface area contributed by atoms with Crippen LogP contribution in [-0.4, -0.2) is 92.0 Å². The lowest BCUT2D eigenvalue weighted by molar-refractivity contribution is -0.315. The number of nitrogens with one attached hydrogen (secondary N) is 1. The van der Waals surface area contributed by atoms with Crippen molar-refractivity contribution < 1.29 is 24.2 Å². The number of benzene rings is 2. The molecule has 0 saturated carbocycles. The highest BCUT2D eigenvalue weighted by Gasteiger charge is 2.70. The summed E-state index contributed by atoms with van der Waals surface area (Å²) in [4.78, 5) is 47.3. The molecule has 3 aromatic rings. The first-order chi connectivity index (χ1) is 22.1. The van der Waals surface area contributed by atoms with Crippen molar-refractivity contribution in [1.82, 2.24) is 24.6 Å². The number of piperazine rings is 1. The summed E-state index contributed by atoms with van der Waals surface area (Å²) in [5.74, 6) is -3.37. The van der Waals surface area contributed by atoms with Gasteiger partial charge in [-0.25, -0.2) is 0 Å². The van der Waals surface area contributed by atoms with Gasteiger partial charge in [0.05, 0.1) is 5.92 Å². The molecular formula is C36H41N5O5. The average Bonchev–Trinajstić information content (AvgIpc) is 3.72. The molecule has 0 unspecified atom stereocenters. The van der Waals surface area contributed by atoms with E-state index in [1.165, 1.54) is 33.9 Å². The SMILES string of the molecule is C=CCn1cc2c3c(cccc31)[C@H]1C[C@@H](C(=O)N[C@]3(C)O[C@@]4(O)[C@@H]5CCCN5C(=O)[C@H](Cc5ccccc5)N4C3=O)CN(C)[C@@H]1C2. The van der Waals surface area contributed by atoms with Gasteiger partial charge in [0.1, 0.15) is 12.1 Å². The molecule has 5 aliphatic rings. The quantitative estimate of drug-likeness (QED) is 0.409. The molecule has 4 saturated heterocycles. The van der Waals surface area contributed by atoms with Crippen LogP contribution in [0.2, 0.25) is 0 Å². The summed E-state index contributed by atoms with van der Waals surface area (Å²) in [5.41, 5.74) is 2.81. The second-order valence-electron chi connectivity index (χ2n) is 13.9. The molecule has 1 aromatic heterocycles. The minimum absolute atomic E-state index is 0.147. The number of amides is 3. The van der Waals surface area contributed by atoms with Crippen molar-refractivity contribution in [2.24, 2.45) is 5.92 Å². The van der Waals surface area contributed by atoms with E-state index in [2.05, 4.69) is 52.8 Å². The summed E-state index contributed by atoms with van der Waals surface area (Å²) in [6, 6.07) is 14.5. The summed E-state index contributed by atoms with van der Waals surface area (Å²) < 4.78 is 8.52. The van der Waals surface area contributed by atoms with Crippen molar-refractivity contribution in [3.8, 4) is 0 Å². The van der Waals surface area contributed by atoms with E-state index in [1.807, 2.05) is 36.4 Å². The smallest absolute Gasteiger partial charge is 0.280 e. The molecule has 10 heteroatoms. The van der Waals surface area contributed by atoms with E-state index >= 15 is 0 Å². The number of rotatable bonds is 6. The summed E-state index contributed by atoms with van der Waals surface area (Å²) in [6.45, 7) is 7.21. The minimum Gasteiger partial charge on any atom is -0.347 e. The number of carbonyl (C=O) groups excluding carboxylic acids is 3. The van der Waals surface area contributed by atoms with Gasteiger partial charge in [0.15, 0.2) is 0 Å². The molecule has 2 aromatic carbocycles. The van der Waals surface area contributed by atoms with E-state index in [0.717, 1.165) is 18.5 Å². The molecule has 10 nitrogen and oxygen atoms in total. The zero-order valence-electron chi connectivity index (χ0n) is 26.4. The standard InChI is InChI=1S/C36H41N5O5/c1-4-15-39-21-23-19-28-26(25-12-8-13-27(39)31(23)25)18-24(20-38(28)3)32(42)37-35(2)34(44)41-29(17-22-10-6-5-7-11-22)33(43)40-16-9-14-30(40)36(41,45)46-35/h4-8,10-13,21,24,26,28-30,45H,1,9,14-20H2,2-3H3,(H,37,42)/t24-,26-,28-,29+,30+,35-,36+/m1/s1. The van der Waals surface area contributed by atoms with Crippen LogP contribution in [0.25, 0.3) is 10.9 Å². The van der Waals surface area contributed by atoms with Gasteiger partial charge in [-0.05, 0) is 62.4 Å². The predicted molar refractivity (Wildman–Crippen MR) is 171 cm³/mol. The minimum atomic E-state index is -2.04. The second kappa shape index (κ2) is 10.5. The van der Waals surface area contributed by atoms with Crippen LogP contribution in [0.4, 0.5) is 0 Å². The molecule has 0 spiro atoms. The van der Waals surface area contributed by atoms with Gasteiger partial charge in [-0.15, -0.1) is 6.58 Å². The van der Waals surface area contributed by atoms with Gasteiger partial charge >= 0.3 is 0 Å². The third-order valence-electron chi connectivity index (χ3n) is 11.1. The van der Waals surface area contributed by atoms with Gasteiger partial charge in [0.25, 0.3) is 11.8 Å². The molecule has 1 aliphatic carbocycles. The average molecular weight is 624 g/mol. The molecule has 46 heavy (non-hydrogen) atoms. The Hall–Kier alpha value is -3.99. The molecule has 7 atom stereocenters. The number of likely N-dealkylation sites (tertiary alicyclic amines) is 1. The van der Waals surface area contributed by atoms with Crippen LogP contribution in [-0.2, 0) is 38.5 Å². The Morgan fingerprint density at radius 2 is 1.98 bits per heavy atom. The molecule has 3 amide bonds. The maximum Gasteiger partial charge on any atom is 0.280 e. The largest absolute Gasteiger partial charge is 0.347 e. The maximum absolute atomic E-state index is 14.3. The van der Waals surface area contributed by atoms with Crippen LogP contribution in [0.15, 0.2) is 67.4 Å². The van der Waals surface area contributed by atoms with Gasteiger partial charge in [0.2, 0.25) is 17.5 Å². The molecule has 4 fully saturated rings. The van der Waals surface area contributed by atoms with E-state index in [0.29, 0.717) is 32.4 Å². The third kappa shape index (κ3) is 4.23. The van der Waals surface area contributed by atoms with Gasteiger partial charge in [-0.2, -0.15) is 0 Å². The number of likely N-dealkylation sites (N-methyl/N-ethyl adjacent to an activating group) is 1. The fraction of sp³-hybridized carbons (Fsp3) is 0.472. The Balaban J connectivity index is 1.07. The van der Waals surface area contributed by atoms with Crippen LogP contribution in [0.5, 0.6) is 0 Å². The first kappa shape index (κ1) is 29.4. The maximum atomic E-state index is 14.3. The number of ether oxygens (including phenoxy) is 1. The van der Waals surface area contributed by atoms with Gasteiger partial charge in [-0.3, -0.25) is 24.0 Å². The number of aliphatic hydroxyl groups is 1. The predicted octanol–water partition coefficient (Wildman–Crippen LogP) is 2.74. The zero-order valence-corrected chi connectivity index (χ0v) is 26.4. The van der Waals surface area contributed by atoms with E-state index in [-0.39, 0.29) is 30.2 Å². The third-order valence-corrected chi connectivity index (χ3v) is 11.1. The summed E-state index contributed by atoms with van der Waals surface area (Å²) >= 11 is 0. The number of carbonyl (C=O) groups is 3. The van der Waals surface area contributed by atoms with Crippen LogP contribution in [0.3, 0.4) is 0 Å². The van der Waals surface area contributed by atoms with Gasteiger partial charge in [-0.1, -0.05) is 48.5 Å². The molecule has 5 heterocycles. The second-order valence-corrected chi connectivity index (χ2v) is 13.9. The fourth-order valence-electron chi connectivity index (χ4n) is 9.12. The summed E-state index contributed by atoms with van der Waals surface area (Å²) in [6.07, 6.45) is 7.14. The lowest BCUT2D eigenvalue weighted by Gasteiger charge is -2.48. The summed E-state index contributed by atoms with van der Waals surface area (Å²) in [5, 5.41) is 16.3. The molecular weight excluding hydrogens is 582 g/mol. The van der Waals surface area contributed by atoms with Crippen molar-refractivity contribution in [1.29, 1.82) is 0 Å². The number of allylic oxidation sites excluding steroid dienone is 1. The van der Waals surface area contributed by atoms with Crippen LogP contribution < -0.4 is 5.32 Å². The Labute approximate surface area is 268 Å². The van der Waals surface area contributed by atoms with E-state index in [4.69, 9.17) is 4.74 Å². The topological polar surface area (TPSA) is 107 Å². The first-order valence-electron chi connectivity index (χ1n) is 16.5. The number of piperidine rings is 1. The van der Waals surface area contributed by atoms with E-state index < -0.39 is 35.5 Å². The lowest BCUT2D eigenvalue weighted by atomic mass is 9.72. The molecule has 4 aliphatic heterocycles. The summed E-state index contributed by atoms with van der Waals surface area (Å²) in [7, 11) is 2.07. The van der Waals surface area contributed by atoms with Crippen molar-refractivity contribution in [3.05, 3.63) is 84.1 Å². The number of fused-ring (bicyclic) bond motifs is 5. The van der Waals surface area contributed by atoms with Crippen LogP contribution >= 0.6 is 0 Å². The highest BCUT2D eigenvalue weighted by Crippen LogP contribution is 2.47. The van der Waals surface area contributed by atoms with Crippen molar-refractivity contribution in [2.75, 3.05) is 20.1 Å². The Bertz CT molecular complexity index is 1760. The zero-order chi connectivity index (χ0) is 32.0. The van der Waals surface area contributed by atoms with Gasteiger partial charge in [0, 0.05) is 55.1 Å². The lowest BCUT2D eigenvalue weighted by Crippen LogP contribution is -2.71. The van der Waals surface area contributed by atoms with Gasteiger partial charge < -0.3 is 24.8 Å². The Kier molecular flexibility index (Phi) is 6.72. The molecule has 240 valence electrons. The van der Waals surface area contributed by atoms with Crippen molar-refractivity contribution in [3.63, 3.8) is 0 Å². The Morgan fingerprint density at radius 1 is 1.17 bits per heavy atom. The van der Waals surface area contributed by atoms with E-state index in [9.17, 15) is 19.5 Å². The molecule has 0 bridgehead atoms. The molecule has 2 N–H and O–H groups in total. The number of aromatic nitrogens is 1. The highest BCUT2D eigenvalue weighted by atomic mass is 16.7. The number of nitrogens with zero attached hydrogens (tertiary/aromatic N) is 4. The molecule has 0 radical (unpaired) electrons. The number of hydrogen-bond donors (Lipinski definition) is 2. The fourth-order valence-corrected chi connectivity index (χ4v) is 9.12. The van der Waals surface area contributed by atoms with Crippen molar-refractivity contribution in [2.45, 2.75) is 81.3 Å². The van der Waals surface area contributed by atoms with E-state index in [1.54, 1.807) is 4.90 Å². The normalized spacial score (nSPS) is 33.6. The van der Waals surface area contributed by atoms with Crippen LogP contribution in [0, 0.1) is 5.92 Å². The monoisotopic (exact) mass is 623 g/mol. The van der Waals surface area contributed by atoms with Crippen LogP contribution in [0.1, 0.15) is 48.8 Å².